The molecule has 5 heteroatoms. The molecule has 3 aromatic carbocycles. The molecule has 0 bridgehead atoms. The van der Waals surface area contributed by atoms with Crippen molar-refractivity contribution in [3.8, 4) is 0 Å². The van der Waals surface area contributed by atoms with Crippen LogP contribution < -0.4 is 10.4 Å². The van der Waals surface area contributed by atoms with Crippen LogP contribution in [0.4, 0.5) is 0 Å². The lowest BCUT2D eigenvalue weighted by molar-refractivity contribution is -0.231. The van der Waals surface area contributed by atoms with E-state index in [1.54, 1.807) is 0 Å². The van der Waals surface area contributed by atoms with Crippen molar-refractivity contribution in [2.24, 2.45) is 5.92 Å². The first kappa shape index (κ1) is 26.5. The Hall–Kier alpha value is -3.15. The summed E-state index contributed by atoms with van der Waals surface area (Å²) in [5.41, 5.74) is 1.17. The summed E-state index contributed by atoms with van der Waals surface area (Å²) in [4.78, 5) is 13.0. The van der Waals surface area contributed by atoms with Crippen LogP contribution in [0.25, 0.3) is 0 Å². The number of methoxy groups -OCH3 is 1. The van der Waals surface area contributed by atoms with E-state index in [9.17, 15) is 4.79 Å². The lowest BCUT2D eigenvalue weighted by Crippen LogP contribution is -2.71. The van der Waals surface area contributed by atoms with Crippen LogP contribution in [-0.4, -0.2) is 27.2 Å². The standard InChI is InChI=1S/C33H38O4Si/c1-32(2,3)38(26-18-10-6-11-19-26,27-20-12-7-13-21-27)37-33-23-15-14-22-29(33)28(25-16-8-5-9-17-25)24-30(36-33)31(34)35-4/h5-13,16-21,24,28-29H,14-15,22-23H2,1-4H3/t28-,29-,33+/m0/s1. The van der Waals surface area contributed by atoms with Crippen molar-refractivity contribution in [3.63, 3.8) is 0 Å². The Morgan fingerprint density at radius 3 is 1.95 bits per heavy atom. The molecule has 0 unspecified atom stereocenters. The highest BCUT2D eigenvalue weighted by Gasteiger charge is 2.60. The van der Waals surface area contributed by atoms with Gasteiger partial charge in [0.2, 0.25) is 11.5 Å². The molecule has 3 atom stereocenters. The number of ether oxygens (including phenoxy) is 2. The van der Waals surface area contributed by atoms with Crippen LogP contribution in [0.1, 0.15) is 57.9 Å². The van der Waals surface area contributed by atoms with E-state index >= 15 is 0 Å². The van der Waals surface area contributed by atoms with E-state index in [4.69, 9.17) is 13.9 Å². The Kier molecular flexibility index (Phi) is 7.34. The highest BCUT2D eigenvalue weighted by Crippen LogP contribution is 2.53. The average Bonchev–Trinajstić information content (AvgIpc) is 2.95. The van der Waals surface area contributed by atoms with Gasteiger partial charge in [-0.05, 0) is 39.9 Å². The molecule has 1 heterocycles. The van der Waals surface area contributed by atoms with Gasteiger partial charge in [0.25, 0.3) is 8.32 Å². The number of allylic oxidation sites excluding steroid dienone is 1. The van der Waals surface area contributed by atoms with Crippen molar-refractivity contribution in [2.75, 3.05) is 7.11 Å². The quantitative estimate of drug-likeness (QED) is 0.279. The van der Waals surface area contributed by atoms with Crippen molar-refractivity contribution in [3.05, 3.63) is 108 Å². The smallest absolute Gasteiger partial charge is 0.373 e. The molecule has 5 rings (SSSR count). The van der Waals surface area contributed by atoms with Gasteiger partial charge in [0.1, 0.15) is 0 Å². The molecular weight excluding hydrogens is 488 g/mol. The minimum absolute atomic E-state index is 0.0161. The molecule has 198 valence electrons. The molecule has 1 saturated carbocycles. The Morgan fingerprint density at radius 1 is 0.868 bits per heavy atom. The molecule has 0 N–H and O–H groups in total. The zero-order valence-corrected chi connectivity index (χ0v) is 23.9. The highest BCUT2D eigenvalue weighted by atomic mass is 28.4. The first-order valence-corrected chi connectivity index (χ1v) is 15.6. The van der Waals surface area contributed by atoms with Crippen LogP contribution >= 0.6 is 0 Å². The molecule has 0 radical (unpaired) electrons. The Morgan fingerprint density at radius 2 is 1.42 bits per heavy atom. The molecule has 2 aliphatic rings. The summed E-state index contributed by atoms with van der Waals surface area (Å²) in [6.07, 6.45) is 5.72. The third-order valence-corrected chi connectivity index (χ3v) is 13.3. The fraction of sp³-hybridized carbons (Fsp3) is 0.364. The molecule has 0 saturated heterocycles. The van der Waals surface area contributed by atoms with Gasteiger partial charge >= 0.3 is 5.97 Å². The van der Waals surface area contributed by atoms with Crippen molar-refractivity contribution in [2.45, 2.75) is 63.2 Å². The molecular formula is C33H38O4Si. The zero-order valence-electron chi connectivity index (χ0n) is 22.9. The molecule has 0 spiro atoms. The minimum atomic E-state index is -2.96. The van der Waals surface area contributed by atoms with Crippen LogP contribution in [0.5, 0.6) is 0 Å². The van der Waals surface area contributed by atoms with E-state index in [0.29, 0.717) is 0 Å². The third-order valence-electron chi connectivity index (χ3n) is 8.22. The fourth-order valence-electron chi connectivity index (χ4n) is 6.49. The minimum Gasteiger partial charge on any atom is -0.463 e. The lowest BCUT2D eigenvalue weighted by atomic mass is 9.71. The maximum absolute atomic E-state index is 13.0. The lowest BCUT2D eigenvalue weighted by Gasteiger charge is -2.55. The number of rotatable bonds is 6. The molecule has 0 aromatic heterocycles. The van der Waals surface area contributed by atoms with E-state index in [-0.39, 0.29) is 22.6 Å². The second kappa shape index (κ2) is 10.5. The van der Waals surface area contributed by atoms with Gasteiger partial charge in [-0.2, -0.15) is 0 Å². The molecule has 1 aliphatic carbocycles. The first-order valence-electron chi connectivity index (χ1n) is 13.7. The van der Waals surface area contributed by atoms with Gasteiger partial charge in [0.05, 0.1) is 7.11 Å². The number of hydrogen-bond donors (Lipinski definition) is 0. The summed E-state index contributed by atoms with van der Waals surface area (Å²) in [7, 11) is -1.55. The molecule has 1 fully saturated rings. The number of carbonyl (C=O) groups excluding carboxylic acids is 1. The normalized spacial score (nSPS) is 23.5. The molecule has 38 heavy (non-hydrogen) atoms. The summed E-state index contributed by atoms with van der Waals surface area (Å²) in [5.74, 6) is -1.12. The van der Waals surface area contributed by atoms with Crippen molar-refractivity contribution >= 4 is 24.7 Å². The van der Waals surface area contributed by atoms with Gasteiger partial charge in [-0.3, -0.25) is 0 Å². The molecule has 3 aromatic rings. The largest absolute Gasteiger partial charge is 0.463 e. The monoisotopic (exact) mass is 526 g/mol. The van der Waals surface area contributed by atoms with Crippen LogP contribution in [0.3, 0.4) is 0 Å². The van der Waals surface area contributed by atoms with Crippen molar-refractivity contribution in [1.29, 1.82) is 0 Å². The highest BCUT2D eigenvalue weighted by molar-refractivity contribution is 6.99. The number of hydrogen-bond acceptors (Lipinski definition) is 4. The number of benzene rings is 3. The maximum Gasteiger partial charge on any atom is 0.373 e. The average molecular weight is 527 g/mol. The molecule has 0 amide bonds. The number of fused-ring (bicyclic) bond motifs is 1. The van der Waals surface area contributed by atoms with Crippen molar-refractivity contribution in [1.82, 2.24) is 0 Å². The number of esters is 1. The van der Waals surface area contributed by atoms with E-state index in [0.717, 1.165) is 25.7 Å². The van der Waals surface area contributed by atoms with Gasteiger partial charge in [-0.1, -0.05) is 118 Å². The first-order chi connectivity index (χ1) is 18.3. The van der Waals surface area contributed by atoms with Crippen LogP contribution in [0.15, 0.2) is 103 Å². The summed E-state index contributed by atoms with van der Waals surface area (Å²) < 4.78 is 19.7. The van der Waals surface area contributed by atoms with E-state index in [1.807, 2.05) is 12.1 Å². The van der Waals surface area contributed by atoms with Gasteiger partial charge in [-0.15, -0.1) is 0 Å². The van der Waals surface area contributed by atoms with Crippen LogP contribution in [-0.2, 0) is 18.7 Å². The summed E-state index contributed by atoms with van der Waals surface area (Å²) in [6.45, 7) is 6.84. The number of carbonyl (C=O) groups is 1. The fourth-order valence-corrected chi connectivity index (χ4v) is 11.2. The Labute approximate surface area is 227 Å². The van der Waals surface area contributed by atoms with Crippen molar-refractivity contribution < 1.29 is 18.7 Å². The van der Waals surface area contributed by atoms with Gasteiger partial charge in [-0.25, -0.2) is 4.79 Å². The SMILES string of the molecule is COC(=O)C1=C[C@@H](c2ccccc2)[C@@H]2CCCC[C@]2(O[Si](c2ccccc2)(c2ccccc2)C(C)(C)C)O1. The summed E-state index contributed by atoms with van der Waals surface area (Å²) >= 11 is 0. The Balaban J connectivity index is 1.74. The maximum atomic E-state index is 13.0. The second-order valence-corrected chi connectivity index (χ2v) is 15.7. The summed E-state index contributed by atoms with van der Waals surface area (Å²) in [6, 6.07) is 31.7. The van der Waals surface area contributed by atoms with E-state index < -0.39 is 20.1 Å². The topological polar surface area (TPSA) is 44.8 Å². The zero-order chi connectivity index (χ0) is 26.8. The second-order valence-electron chi connectivity index (χ2n) is 11.5. The van der Waals surface area contributed by atoms with Gasteiger partial charge in [0, 0.05) is 18.3 Å². The predicted octanol–water partition coefficient (Wildman–Crippen LogP) is 6.32. The summed E-state index contributed by atoms with van der Waals surface area (Å²) in [5, 5.41) is 2.18. The van der Waals surface area contributed by atoms with E-state index in [1.165, 1.54) is 23.0 Å². The molecule has 1 aliphatic heterocycles. The van der Waals surface area contributed by atoms with Crippen LogP contribution in [0.2, 0.25) is 5.04 Å². The third kappa shape index (κ3) is 4.63. The predicted molar refractivity (Wildman–Crippen MR) is 154 cm³/mol. The Bertz CT molecular complexity index is 1230. The van der Waals surface area contributed by atoms with Gasteiger partial charge < -0.3 is 13.9 Å². The van der Waals surface area contributed by atoms with Crippen LogP contribution in [0, 0.1) is 5.92 Å². The van der Waals surface area contributed by atoms with E-state index in [2.05, 4.69) is 106 Å². The molecule has 4 nitrogen and oxygen atoms in total. The van der Waals surface area contributed by atoms with Gasteiger partial charge in [0.15, 0.2) is 0 Å².